The summed E-state index contributed by atoms with van der Waals surface area (Å²) in [6, 6.07) is 16.2. The van der Waals surface area contributed by atoms with Crippen molar-refractivity contribution in [3.63, 3.8) is 0 Å². The number of carboxylic acid groups (broad SMARTS) is 1. The van der Waals surface area contributed by atoms with Gasteiger partial charge in [0.05, 0.1) is 0 Å². The van der Waals surface area contributed by atoms with E-state index in [1.807, 2.05) is 38.1 Å². The topological polar surface area (TPSA) is 95.9 Å². The molecule has 3 rings (SSSR count). The van der Waals surface area contributed by atoms with Gasteiger partial charge >= 0.3 is 12.1 Å². The number of aliphatic carboxylic acids is 1. The van der Waals surface area contributed by atoms with Gasteiger partial charge in [-0.2, -0.15) is 0 Å². The van der Waals surface area contributed by atoms with Crippen molar-refractivity contribution in [2.75, 3.05) is 19.7 Å². The molecule has 182 valence electrons. The van der Waals surface area contributed by atoms with Crippen LogP contribution < -0.4 is 5.32 Å². The Kier molecular flexibility index (Phi) is 8.68. The Hall–Kier alpha value is -3.35. The summed E-state index contributed by atoms with van der Waals surface area (Å²) in [5, 5.41) is 11.9. The van der Waals surface area contributed by atoms with Gasteiger partial charge in [-0.15, -0.1) is 0 Å². The summed E-state index contributed by atoms with van der Waals surface area (Å²) in [6.45, 7) is 5.93. The third kappa shape index (κ3) is 5.95. The molecule has 2 N–H and O–H groups in total. The molecule has 1 aliphatic carbocycles. The van der Waals surface area contributed by atoms with E-state index in [0.29, 0.717) is 25.8 Å². The lowest BCUT2D eigenvalue weighted by atomic mass is 9.98. The van der Waals surface area contributed by atoms with Crippen molar-refractivity contribution in [2.45, 2.75) is 52.0 Å². The average Bonchev–Trinajstić information content (AvgIpc) is 3.16. The van der Waals surface area contributed by atoms with Crippen LogP contribution in [0.4, 0.5) is 4.79 Å². The molecular formula is C27H34N2O5. The molecule has 34 heavy (non-hydrogen) atoms. The molecule has 7 nitrogen and oxygen atoms in total. The van der Waals surface area contributed by atoms with E-state index in [-0.39, 0.29) is 36.9 Å². The summed E-state index contributed by atoms with van der Waals surface area (Å²) in [5.41, 5.74) is 4.69. The summed E-state index contributed by atoms with van der Waals surface area (Å²) in [5.74, 6) is -1.50. The maximum atomic E-state index is 12.7. The van der Waals surface area contributed by atoms with Gasteiger partial charge in [-0.3, -0.25) is 9.59 Å². The quantitative estimate of drug-likeness (QED) is 0.470. The SMILES string of the molecule is CCC(C)N(CC(=O)O)C(=O)C(C)CCCNC(=O)OCC1c2ccccc2-c2ccccc21. The number of carboxylic acids is 1. The number of rotatable bonds is 11. The van der Waals surface area contributed by atoms with Crippen molar-refractivity contribution in [3.8, 4) is 11.1 Å². The van der Waals surface area contributed by atoms with Crippen LogP contribution in [-0.2, 0) is 14.3 Å². The molecule has 0 aliphatic heterocycles. The standard InChI is InChI=1S/C27H34N2O5/c1-4-19(3)29(16-25(30)31)26(32)18(2)10-9-15-28-27(33)34-17-24-22-13-7-5-11-20(22)21-12-6-8-14-23(21)24/h5-8,11-14,18-19,24H,4,9-10,15-17H2,1-3H3,(H,28,33)(H,30,31). The summed E-state index contributed by atoms with van der Waals surface area (Å²) < 4.78 is 5.53. The zero-order chi connectivity index (χ0) is 24.7. The van der Waals surface area contributed by atoms with E-state index in [2.05, 4.69) is 29.6 Å². The van der Waals surface area contributed by atoms with Gasteiger partial charge in [0.2, 0.25) is 5.91 Å². The molecule has 2 unspecified atom stereocenters. The molecule has 1 aliphatic rings. The van der Waals surface area contributed by atoms with Gasteiger partial charge in [-0.1, -0.05) is 62.4 Å². The first-order valence-corrected chi connectivity index (χ1v) is 11.9. The molecule has 0 fully saturated rings. The third-order valence-electron chi connectivity index (χ3n) is 6.56. The highest BCUT2D eigenvalue weighted by Crippen LogP contribution is 2.44. The van der Waals surface area contributed by atoms with Crippen molar-refractivity contribution < 1.29 is 24.2 Å². The number of nitrogens with one attached hydrogen (secondary N) is 1. The number of hydrogen-bond donors (Lipinski definition) is 2. The number of carbonyl (C=O) groups is 3. The lowest BCUT2D eigenvalue weighted by molar-refractivity contribution is -0.148. The van der Waals surface area contributed by atoms with Crippen LogP contribution in [-0.4, -0.2) is 53.7 Å². The second kappa shape index (κ2) is 11.7. The van der Waals surface area contributed by atoms with E-state index in [4.69, 9.17) is 9.84 Å². The second-order valence-electron chi connectivity index (χ2n) is 8.91. The van der Waals surface area contributed by atoms with E-state index in [1.165, 1.54) is 16.0 Å². The maximum absolute atomic E-state index is 12.7. The van der Waals surface area contributed by atoms with Crippen LogP contribution in [0.5, 0.6) is 0 Å². The number of alkyl carbamates (subject to hydrolysis) is 1. The number of ether oxygens (including phenoxy) is 1. The van der Waals surface area contributed by atoms with Crippen molar-refractivity contribution in [1.29, 1.82) is 0 Å². The summed E-state index contributed by atoms with van der Waals surface area (Å²) >= 11 is 0. The Labute approximate surface area is 201 Å². The molecule has 0 bridgehead atoms. The van der Waals surface area contributed by atoms with Crippen LogP contribution >= 0.6 is 0 Å². The predicted molar refractivity (Wildman–Crippen MR) is 131 cm³/mol. The molecule has 0 spiro atoms. The van der Waals surface area contributed by atoms with Gasteiger partial charge < -0.3 is 20.1 Å². The monoisotopic (exact) mass is 466 g/mol. The zero-order valence-electron chi connectivity index (χ0n) is 20.1. The molecule has 0 aromatic heterocycles. The summed E-state index contributed by atoms with van der Waals surface area (Å²) in [4.78, 5) is 37.5. The fourth-order valence-electron chi connectivity index (χ4n) is 4.47. The summed E-state index contributed by atoms with van der Waals surface area (Å²) in [7, 11) is 0. The van der Waals surface area contributed by atoms with E-state index in [9.17, 15) is 14.4 Å². The van der Waals surface area contributed by atoms with Gasteiger partial charge in [0.15, 0.2) is 0 Å². The molecule has 0 heterocycles. The van der Waals surface area contributed by atoms with E-state index in [0.717, 1.165) is 11.1 Å². The van der Waals surface area contributed by atoms with E-state index >= 15 is 0 Å². The number of fused-ring (bicyclic) bond motifs is 3. The normalized spacial score (nSPS) is 14.0. The Balaban J connectivity index is 1.45. The van der Waals surface area contributed by atoms with Crippen molar-refractivity contribution >= 4 is 18.0 Å². The Morgan fingerprint density at radius 3 is 2.18 bits per heavy atom. The number of hydrogen-bond acceptors (Lipinski definition) is 4. The predicted octanol–water partition coefficient (Wildman–Crippen LogP) is 4.65. The second-order valence-corrected chi connectivity index (χ2v) is 8.91. The minimum absolute atomic E-state index is 0.0107. The highest BCUT2D eigenvalue weighted by Gasteiger charge is 2.29. The van der Waals surface area contributed by atoms with Crippen LogP contribution in [0.1, 0.15) is 57.1 Å². The van der Waals surface area contributed by atoms with Crippen LogP contribution in [0, 0.1) is 5.92 Å². The van der Waals surface area contributed by atoms with Gasteiger partial charge in [0.1, 0.15) is 13.2 Å². The number of nitrogens with zero attached hydrogens (tertiary/aromatic N) is 1. The molecule has 2 atom stereocenters. The molecule has 0 radical (unpaired) electrons. The van der Waals surface area contributed by atoms with Crippen LogP contribution in [0.25, 0.3) is 11.1 Å². The van der Waals surface area contributed by atoms with Gasteiger partial charge in [-0.25, -0.2) is 4.79 Å². The van der Waals surface area contributed by atoms with Crippen LogP contribution in [0.3, 0.4) is 0 Å². The molecule has 2 amide bonds. The first-order chi connectivity index (χ1) is 16.3. The smallest absolute Gasteiger partial charge is 0.407 e. The third-order valence-corrected chi connectivity index (χ3v) is 6.56. The lowest BCUT2D eigenvalue weighted by Crippen LogP contribution is -2.44. The molecule has 0 saturated carbocycles. The first kappa shape index (κ1) is 25.3. The Bertz CT molecular complexity index is 976. The van der Waals surface area contributed by atoms with Gasteiger partial charge in [0.25, 0.3) is 0 Å². The minimum Gasteiger partial charge on any atom is -0.480 e. The van der Waals surface area contributed by atoms with Crippen molar-refractivity contribution in [2.24, 2.45) is 5.92 Å². The number of carbonyl (C=O) groups excluding carboxylic acids is 2. The molecule has 7 heteroatoms. The van der Waals surface area contributed by atoms with E-state index in [1.54, 1.807) is 6.92 Å². The molecule has 0 saturated heterocycles. The first-order valence-electron chi connectivity index (χ1n) is 11.9. The molecular weight excluding hydrogens is 432 g/mol. The van der Waals surface area contributed by atoms with E-state index < -0.39 is 12.1 Å². The Morgan fingerprint density at radius 2 is 1.62 bits per heavy atom. The summed E-state index contributed by atoms with van der Waals surface area (Å²) in [6.07, 6.45) is 1.36. The fourth-order valence-corrected chi connectivity index (χ4v) is 4.47. The van der Waals surface area contributed by atoms with Gasteiger partial charge in [-0.05, 0) is 48.4 Å². The number of benzene rings is 2. The highest BCUT2D eigenvalue weighted by atomic mass is 16.5. The molecule has 2 aromatic carbocycles. The highest BCUT2D eigenvalue weighted by molar-refractivity contribution is 5.83. The minimum atomic E-state index is -1.02. The number of amides is 2. The van der Waals surface area contributed by atoms with Gasteiger partial charge in [0, 0.05) is 24.4 Å². The average molecular weight is 467 g/mol. The Morgan fingerprint density at radius 1 is 1.03 bits per heavy atom. The zero-order valence-corrected chi connectivity index (χ0v) is 20.1. The fraction of sp³-hybridized carbons (Fsp3) is 0.444. The van der Waals surface area contributed by atoms with Crippen LogP contribution in [0.15, 0.2) is 48.5 Å². The van der Waals surface area contributed by atoms with Crippen LogP contribution in [0.2, 0.25) is 0 Å². The van der Waals surface area contributed by atoms with Crippen molar-refractivity contribution in [3.05, 3.63) is 59.7 Å². The largest absolute Gasteiger partial charge is 0.480 e. The lowest BCUT2D eigenvalue weighted by Gasteiger charge is -2.29. The molecule has 2 aromatic rings. The van der Waals surface area contributed by atoms with Crippen molar-refractivity contribution in [1.82, 2.24) is 10.2 Å². The maximum Gasteiger partial charge on any atom is 0.407 e.